The van der Waals surface area contributed by atoms with Crippen molar-refractivity contribution in [2.24, 2.45) is 7.05 Å². The zero-order chi connectivity index (χ0) is 39.6. The average molecular weight is 767 g/mol. The number of benzene rings is 4. The van der Waals surface area contributed by atoms with Crippen molar-refractivity contribution in [2.75, 3.05) is 63.7 Å². The molecule has 3 aliphatic rings. The lowest BCUT2D eigenvalue weighted by atomic mass is 9.89. The highest BCUT2D eigenvalue weighted by molar-refractivity contribution is 6.08. The second-order valence-corrected chi connectivity index (χ2v) is 15.2. The topological polar surface area (TPSA) is 99.6 Å². The second-order valence-electron chi connectivity index (χ2n) is 15.2. The van der Waals surface area contributed by atoms with Crippen LogP contribution in [0.2, 0.25) is 0 Å². The monoisotopic (exact) mass is 766 g/mol. The highest BCUT2D eigenvalue weighted by Gasteiger charge is 2.35. The fraction of sp³-hybridized carbons (Fsp3) is 0.326. The smallest absolute Gasteiger partial charge is 0.408 e. The fourth-order valence-electron chi connectivity index (χ4n) is 8.42. The molecule has 1 atom stereocenters. The lowest BCUT2D eigenvalue weighted by Gasteiger charge is -2.41. The third-order valence-corrected chi connectivity index (χ3v) is 11.9. The predicted molar refractivity (Wildman–Crippen MR) is 222 cm³/mol. The number of morpholine rings is 1. The normalized spacial score (nSPS) is 16.7. The molecule has 5 aromatic rings. The molecule has 4 aromatic carbocycles. The Morgan fingerprint density at radius 2 is 1.54 bits per heavy atom. The third kappa shape index (κ3) is 7.65. The van der Waals surface area contributed by atoms with Gasteiger partial charge in [0.25, 0.3) is 11.8 Å². The number of anilines is 2. The van der Waals surface area contributed by atoms with Crippen LogP contribution in [0.4, 0.5) is 16.2 Å². The van der Waals surface area contributed by atoms with Crippen LogP contribution in [0.15, 0.2) is 97.1 Å². The molecule has 0 aliphatic carbocycles. The van der Waals surface area contributed by atoms with Gasteiger partial charge in [-0.1, -0.05) is 54.6 Å². The quantitative estimate of drug-likeness (QED) is 0.186. The molecule has 57 heavy (non-hydrogen) atoms. The highest BCUT2D eigenvalue weighted by Crippen LogP contribution is 2.36. The van der Waals surface area contributed by atoms with Crippen LogP contribution in [0.25, 0.3) is 11.3 Å². The number of hydrogen-bond acceptors (Lipinski definition) is 7. The van der Waals surface area contributed by atoms with Crippen molar-refractivity contribution in [2.45, 2.75) is 38.9 Å². The van der Waals surface area contributed by atoms with E-state index in [9.17, 15) is 9.59 Å². The van der Waals surface area contributed by atoms with Gasteiger partial charge in [0, 0.05) is 94.7 Å². The standard InChI is InChI=1S/C46H50N6O5/c1-31-38(44(53)49(4)36-14-6-5-7-15-36)27-42(48(31)3)39-25-33-18-19-51(46(55)57-43-17-11-10-16-41(43)47-2)28-35(33)26-40(39)45(54)52-29-34-13-9-8-12-32(34)24-37(52)30-50-20-22-56-23-21-50/h5-17,25-27,37,47H,18-24,28-30H2,1-4H3/t37-/m0/s1. The molecule has 0 spiro atoms. The molecule has 3 aliphatic heterocycles. The Bertz CT molecular complexity index is 2300. The summed E-state index contributed by atoms with van der Waals surface area (Å²) in [5.41, 5.74) is 9.38. The van der Waals surface area contributed by atoms with Crippen LogP contribution in [-0.2, 0) is 37.7 Å². The van der Waals surface area contributed by atoms with E-state index in [0.717, 1.165) is 71.1 Å². The van der Waals surface area contributed by atoms with Crippen LogP contribution in [0.1, 0.15) is 48.7 Å². The number of ether oxygens (including phenoxy) is 2. The van der Waals surface area contributed by atoms with Gasteiger partial charge in [-0.25, -0.2) is 4.79 Å². The van der Waals surface area contributed by atoms with Gasteiger partial charge in [0.05, 0.1) is 24.5 Å². The van der Waals surface area contributed by atoms with Gasteiger partial charge in [0.15, 0.2) is 5.75 Å². The van der Waals surface area contributed by atoms with Crippen LogP contribution < -0.4 is 15.0 Å². The first-order valence-electron chi connectivity index (χ1n) is 19.8. The first kappa shape index (κ1) is 38.0. The number of para-hydroxylation sites is 3. The van der Waals surface area contributed by atoms with Gasteiger partial charge in [-0.15, -0.1) is 0 Å². The van der Waals surface area contributed by atoms with Crippen molar-refractivity contribution in [3.8, 4) is 17.0 Å². The van der Waals surface area contributed by atoms with Crippen LogP contribution in [0.3, 0.4) is 0 Å². The van der Waals surface area contributed by atoms with E-state index in [1.807, 2.05) is 90.2 Å². The lowest BCUT2D eigenvalue weighted by Crippen LogP contribution is -2.52. The maximum atomic E-state index is 15.4. The van der Waals surface area contributed by atoms with Crippen LogP contribution in [0, 0.1) is 6.92 Å². The molecule has 1 saturated heterocycles. The third-order valence-electron chi connectivity index (χ3n) is 11.9. The largest absolute Gasteiger partial charge is 0.415 e. The summed E-state index contributed by atoms with van der Waals surface area (Å²) in [6, 6.07) is 31.3. The van der Waals surface area contributed by atoms with E-state index in [0.29, 0.717) is 56.1 Å². The summed E-state index contributed by atoms with van der Waals surface area (Å²) < 4.78 is 13.6. The number of fused-ring (bicyclic) bond motifs is 2. The first-order chi connectivity index (χ1) is 27.7. The SMILES string of the molecule is CNc1ccccc1OC(=O)N1CCc2cc(-c3cc(C(=O)N(C)c4ccccc4)c(C)n3C)c(C(=O)N3Cc4ccccc4C[C@H]3CN3CCOCC3)cc2C1. The number of carbonyl (C=O) groups is 3. The van der Waals surface area contributed by atoms with Gasteiger partial charge in [-0.3, -0.25) is 14.5 Å². The molecule has 0 bridgehead atoms. The predicted octanol–water partition coefficient (Wildman–Crippen LogP) is 6.78. The van der Waals surface area contributed by atoms with Crippen molar-refractivity contribution in [1.29, 1.82) is 0 Å². The number of nitrogens with one attached hydrogen (secondary N) is 1. The summed E-state index contributed by atoms with van der Waals surface area (Å²) in [5, 5.41) is 3.09. The molecule has 3 amide bonds. The van der Waals surface area contributed by atoms with Gasteiger partial charge in [0.1, 0.15) is 0 Å². The van der Waals surface area contributed by atoms with Gasteiger partial charge in [-0.05, 0) is 84.5 Å². The molecule has 0 saturated carbocycles. The zero-order valence-corrected chi connectivity index (χ0v) is 33.2. The van der Waals surface area contributed by atoms with Gasteiger partial charge < -0.3 is 34.1 Å². The summed E-state index contributed by atoms with van der Waals surface area (Å²) in [7, 11) is 5.53. The number of nitrogens with zero attached hydrogens (tertiary/aromatic N) is 5. The number of aromatic nitrogens is 1. The summed E-state index contributed by atoms with van der Waals surface area (Å²) >= 11 is 0. The number of rotatable bonds is 8. The van der Waals surface area contributed by atoms with Gasteiger partial charge in [0.2, 0.25) is 0 Å². The summed E-state index contributed by atoms with van der Waals surface area (Å²) in [6.07, 6.45) is 0.894. The van der Waals surface area contributed by atoms with Crippen molar-refractivity contribution in [3.05, 3.63) is 136 Å². The Hall–Kier alpha value is -5.91. The van der Waals surface area contributed by atoms with Crippen LogP contribution >= 0.6 is 0 Å². The van der Waals surface area contributed by atoms with Crippen molar-refractivity contribution in [3.63, 3.8) is 0 Å². The Morgan fingerprint density at radius 3 is 2.32 bits per heavy atom. The molecule has 1 fully saturated rings. The minimum atomic E-state index is -0.442. The van der Waals surface area contributed by atoms with E-state index in [2.05, 4.69) is 34.5 Å². The van der Waals surface area contributed by atoms with E-state index in [4.69, 9.17) is 9.47 Å². The average Bonchev–Trinajstić information content (AvgIpc) is 3.55. The minimum Gasteiger partial charge on any atom is -0.408 e. The first-order valence-corrected chi connectivity index (χ1v) is 19.8. The highest BCUT2D eigenvalue weighted by atomic mass is 16.6. The molecule has 294 valence electrons. The van der Waals surface area contributed by atoms with E-state index >= 15 is 4.79 Å². The molecule has 0 radical (unpaired) electrons. The maximum Gasteiger partial charge on any atom is 0.415 e. The van der Waals surface area contributed by atoms with Crippen molar-refractivity contribution >= 4 is 29.3 Å². The van der Waals surface area contributed by atoms with E-state index in [-0.39, 0.29) is 17.9 Å². The van der Waals surface area contributed by atoms with Crippen LogP contribution in [-0.4, -0.2) is 96.7 Å². The van der Waals surface area contributed by atoms with E-state index in [1.165, 1.54) is 5.56 Å². The Balaban J connectivity index is 1.19. The molecule has 11 heteroatoms. The molecule has 8 rings (SSSR count). The van der Waals surface area contributed by atoms with Gasteiger partial charge in [-0.2, -0.15) is 0 Å². The van der Waals surface area contributed by atoms with Crippen molar-refractivity contribution in [1.82, 2.24) is 19.3 Å². The second kappa shape index (κ2) is 16.3. The molecule has 11 nitrogen and oxygen atoms in total. The maximum absolute atomic E-state index is 15.4. The summed E-state index contributed by atoms with van der Waals surface area (Å²) in [5.74, 6) is 0.260. The Morgan fingerprint density at radius 1 is 0.825 bits per heavy atom. The molecule has 4 heterocycles. The summed E-state index contributed by atoms with van der Waals surface area (Å²) in [6.45, 7) is 6.95. The molecular formula is C46H50N6O5. The number of carbonyl (C=O) groups excluding carboxylic acids is 3. The molecule has 0 unspecified atom stereocenters. The lowest BCUT2D eigenvalue weighted by molar-refractivity contribution is 0.0193. The molecular weight excluding hydrogens is 717 g/mol. The Labute approximate surface area is 334 Å². The van der Waals surface area contributed by atoms with E-state index < -0.39 is 6.09 Å². The number of hydrogen-bond donors (Lipinski definition) is 1. The minimum absolute atomic E-state index is 0.0556. The van der Waals surface area contributed by atoms with Crippen molar-refractivity contribution < 1.29 is 23.9 Å². The van der Waals surface area contributed by atoms with Crippen LogP contribution in [0.5, 0.6) is 5.75 Å². The van der Waals surface area contributed by atoms with Gasteiger partial charge >= 0.3 is 6.09 Å². The van der Waals surface area contributed by atoms with E-state index in [1.54, 1.807) is 30.0 Å². The fourth-order valence-corrected chi connectivity index (χ4v) is 8.42. The molecule has 1 aromatic heterocycles. The summed E-state index contributed by atoms with van der Waals surface area (Å²) in [4.78, 5) is 50.8. The molecule has 1 N–H and O–H groups in total. The zero-order valence-electron chi connectivity index (χ0n) is 33.2. The Kier molecular flexibility index (Phi) is 10.9. The number of amides is 3.